The number of hydrogen-bond donors (Lipinski definition) is 0. The maximum Gasteiger partial charge on any atom is 0.257 e. The standard InChI is InChI=1S/C27H40N4O3/c1-5-30-15-9-6-10-16-31(26(32)14-13-22-18-28-29(4)19-22)23(17-21(2)3)20-34-25-12-8-7-11-24(25)27(30)33/h7-8,11-12,18-19,21,23H,5-6,9-10,13-17,20H2,1-4H3/t23-/m0/s1. The summed E-state index contributed by atoms with van der Waals surface area (Å²) in [4.78, 5) is 30.6. The van der Waals surface area contributed by atoms with Gasteiger partial charge in [-0.1, -0.05) is 26.0 Å². The van der Waals surface area contributed by atoms with Crippen LogP contribution in [0.2, 0.25) is 0 Å². The summed E-state index contributed by atoms with van der Waals surface area (Å²) in [5, 5.41) is 4.22. The highest BCUT2D eigenvalue weighted by atomic mass is 16.5. The van der Waals surface area contributed by atoms with Crippen LogP contribution in [0.15, 0.2) is 36.7 Å². The van der Waals surface area contributed by atoms with Gasteiger partial charge in [0.05, 0.1) is 17.8 Å². The Labute approximate surface area is 204 Å². The summed E-state index contributed by atoms with van der Waals surface area (Å²) in [6.45, 7) is 8.85. The predicted molar refractivity (Wildman–Crippen MR) is 134 cm³/mol. The van der Waals surface area contributed by atoms with E-state index in [1.165, 1.54) is 0 Å². The molecule has 0 unspecified atom stereocenters. The van der Waals surface area contributed by atoms with Crippen molar-refractivity contribution in [3.8, 4) is 5.75 Å². The van der Waals surface area contributed by atoms with Crippen molar-refractivity contribution in [1.82, 2.24) is 19.6 Å². The number of carbonyl (C=O) groups is 2. The third-order valence-electron chi connectivity index (χ3n) is 6.44. The van der Waals surface area contributed by atoms with Crippen molar-refractivity contribution in [2.45, 2.75) is 65.3 Å². The van der Waals surface area contributed by atoms with Gasteiger partial charge < -0.3 is 14.5 Å². The van der Waals surface area contributed by atoms with E-state index in [9.17, 15) is 9.59 Å². The Morgan fingerprint density at radius 2 is 1.94 bits per heavy atom. The number of amides is 2. The van der Waals surface area contributed by atoms with Gasteiger partial charge in [-0.15, -0.1) is 0 Å². The monoisotopic (exact) mass is 468 g/mol. The van der Waals surface area contributed by atoms with Crippen molar-refractivity contribution in [1.29, 1.82) is 0 Å². The topological polar surface area (TPSA) is 67.7 Å². The molecule has 0 fully saturated rings. The SMILES string of the molecule is CCN1CCCCCN(C(=O)CCc2cnn(C)c2)[C@@H](CC(C)C)COc2ccccc2C1=O. The zero-order valence-electron chi connectivity index (χ0n) is 21.2. The van der Waals surface area contributed by atoms with Crippen molar-refractivity contribution in [2.75, 3.05) is 26.2 Å². The second-order valence-corrected chi connectivity index (χ2v) is 9.65. The van der Waals surface area contributed by atoms with Crippen LogP contribution >= 0.6 is 0 Å². The van der Waals surface area contributed by atoms with Gasteiger partial charge in [0, 0.05) is 39.3 Å². The van der Waals surface area contributed by atoms with Gasteiger partial charge >= 0.3 is 0 Å². The molecule has 7 heteroatoms. The molecule has 0 bridgehead atoms. The van der Waals surface area contributed by atoms with E-state index in [-0.39, 0.29) is 17.9 Å². The number of fused-ring (bicyclic) bond motifs is 1. The summed E-state index contributed by atoms with van der Waals surface area (Å²) in [5.74, 6) is 1.20. The lowest BCUT2D eigenvalue weighted by atomic mass is 10.0. The van der Waals surface area contributed by atoms with Crippen LogP contribution in [0.3, 0.4) is 0 Å². The molecule has 1 aliphatic rings. The second kappa shape index (κ2) is 12.6. The molecule has 0 radical (unpaired) electrons. The molecule has 1 aromatic heterocycles. The van der Waals surface area contributed by atoms with E-state index in [1.807, 2.05) is 60.4 Å². The Hall–Kier alpha value is -2.83. The Morgan fingerprint density at radius 1 is 1.18 bits per heavy atom. The normalized spacial score (nSPS) is 18.0. The van der Waals surface area contributed by atoms with Crippen LogP contribution in [-0.4, -0.2) is 63.7 Å². The van der Waals surface area contributed by atoms with Crippen LogP contribution in [0.5, 0.6) is 5.75 Å². The molecule has 2 heterocycles. The molecule has 3 rings (SSSR count). The highest BCUT2D eigenvalue weighted by molar-refractivity contribution is 5.96. The van der Waals surface area contributed by atoms with Crippen LogP contribution in [0.4, 0.5) is 0 Å². The summed E-state index contributed by atoms with van der Waals surface area (Å²) < 4.78 is 8.04. The fourth-order valence-electron chi connectivity index (χ4n) is 4.63. The molecule has 7 nitrogen and oxygen atoms in total. The number of aromatic nitrogens is 2. The lowest BCUT2D eigenvalue weighted by Gasteiger charge is -2.33. The summed E-state index contributed by atoms with van der Waals surface area (Å²) in [6.07, 6.45) is 8.62. The number of nitrogens with zero attached hydrogens (tertiary/aromatic N) is 4. The smallest absolute Gasteiger partial charge is 0.257 e. The van der Waals surface area contributed by atoms with Crippen molar-refractivity contribution in [3.05, 3.63) is 47.8 Å². The minimum absolute atomic E-state index is 0.0159. The quantitative estimate of drug-likeness (QED) is 0.633. The average Bonchev–Trinajstić information content (AvgIpc) is 3.24. The van der Waals surface area contributed by atoms with Crippen LogP contribution in [0.25, 0.3) is 0 Å². The van der Waals surface area contributed by atoms with Gasteiger partial charge in [0.25, 0.3) is 5.91 Å². The average molecular weight is 469 g/mol. The number of aryl methyl sites for hydroxylation is 2. The van der Waals surface area contributed by atoms with E-state index in [0.717, 1.165) is 31.2 Å². The van der Waals surface area contributed by atoms with Crippen molar-refractivity contribution in [3.63, 3.8) is 0 Å². The van der Waals surface area contributed by atoms with Crippen molar-refractivity contribution in [2.24, 2.45) is 13.0 Å². The number of hydrogen-bond acceptors (Lipinski definition) is 4. The van der Waals surface area contributed by atoms with Gasteiger partial charge in [0.1, 0.15) is 12.4 Å². The third-order valence-corrected chi connectivity index (χ3v) is 6.44. The van der Waals surface area contributed by atoms with Gasteiger partial charge in [-0.25, -0.2) is 0 Å². The first-order valence-electron chi connectivity index (χ1n) is 12.7. The minimum Gasteiger partial charge on any atom is -0.491 e. The number of carbonyl (C=O) groups excluding carboxylic acids is 2. The first-order chi connectivity index (χ1) is 16.4. The molecule has 0 saturated heterocycles. The Kier molecular flexibility index (Phi) is 9.54. The molecule has 2 amide bonds. The number of rotatable bonds is 6. The molecule has 186 valence electrons. The number of ether oxygens (including phenoxy) is 1. The maximum atomic E-state index is 13.4. The lowest BCUT2D eigenvalue weighted by molar-refractivity contribution is -0.134. The minimum atomic E-state index is -0.0346. The van der Waals surface area contributed by atoms with E-state index in [1.54, 1.807) is 4.68 Å². The van der Waals surface area contributed by atoms with E-state index < -0.39 is 0 Å². The van der Waals surface area contributed by atoms with E-state index >= 15 is 0 Å². The van der Waals surface area contributed by atoms with Crippen molar-refractivity contribution >= 4 is 11.8 Å². The van der Waals surface area contributed by atoms with Gasteiger partial charge in [-0.3, -0.25) is 14.3 Å². The fourth-order valence-corrected chi connectivity index (χ4v) is 4.63. The largest absolute Gasteiger partial charge is 0.491 e. The first-order valence-corrected chi connectivity index (χ1v) is 12.7. The Balaban J connectivity index is 1.82. The van der Waals surface area contributed by atoms with Gasteiger partial charge in [0.2, 0.25) is 5.91 Å². The van der Waals surface area contributed by atoms with Crippen LogP contribution in [0, 0.1) is 5.92 Å². The summed E-state index contributed by atoms with van der Waals surface area (Å²) in [6, 6.07) is 7.45. The lowest BCUT2D eigenvalue weighted by Crippen LogP contribution is -2.45. The van der Waals surface area contributed by atoms with E-state index in [4.69, 9.17) is 4.74 Å². The maximum absolute atomic E-state index is 13.4. The molecule has 34 heavy (non-hydrogen) atoms. The molecule has 0 N–H and O–H groups in total. The molecule has 1 atom stereocenters. The zero-order chi connectivity index (χ0) is 24.5. The highest BCUT2D eigenvalue weighted by Gasteiger charge is 2.27. The summed E-state index contributed by atoms with van der Waals surface area (Å²) in [7, 11) is 1.89. The molecule has 1 aromatic carbocycles. The molecule has 2 aromatic rings. The molecular weight excluding hydrogens is 428 g/mol. The predicted octanol–water partition coefficient (Wildman–Crippen LogP) is 4.32. The number of benzene rings is 1. The molecule has 0 saturated carbocycles. The Bertz CT molecular complexity index is 939. The second-order valence-electron chi connectivity index (χ2n) is 9.65. The Morgan fingerprint density at radius 3 is 2.65 bits per heavy atom. The van der Waals surface area contributed by atoms with Gasteiger partial charge in [-0.05, 0) is 62.6 Å². The molecular formula is C27H40N4O3. The summed E-state index contributed by atoms with van der Waals surface area (Å²) >= 11 is 0. The molecule has 0 aliphatic carbocycles. The zero-order valence-corrected chi connectivity index (χ0v) is 21.2. The van der Waals surface area contributed by atoms with Crippen molar-refractivity contribution < 1.29 is 14.3 Å². The third kappa shape index (κ3) is 7.08. The van der Waals surface area contributed by atoms with Crippen LogP contribution in [-0.2, 0) is 18.3 Å². The van der Waals surface area contributed by atoms with Gasteiger partial charge in [-0.2, -0.15) is 5.10 Å². The van der Waals surface area contributed by atoms with E-state index in [0.29, 0.717) is 56.3 Å². The first kappa shape index (κ1) is 25.8. The van der Waals surface area contributed by atoms with E-state index in [2.05, 4.69) is 18.9 Å². The van der Waals surface area contributed by atoms with Crippen LogP contribution in [0.1, 0.15) is 68.8 Å². The highest BCUT2D eigenvalue weighted by Crippen LogP contribution is 2.23. The molecule has 0 spiro atoms. The fraction of sp³-hybridized carbons (Fsp3) is 0.593. The van der Waals surface area contributed by atoms with Crippen LogP contribution < -0.4 is 4.74 Å². The summed E-state index contributed by atoms with van der Waals surface area (Å²) in [5.41, 5.74) is 1.67. The van der Waals surface area contributed by atoms with Gasteiger partial charge in [0.15, 0.2) is 0 Å². The molecule has 1 aliphatic heterocycles. The number of para-hydroxylation sites is 1.